The highest BCUT2D eigenvalue weighted by molar-refractivity contribution is 5.86. The number of nitrogens with two attached hydrogens (primary N) is 1. The molecule has 12 nitrogen and oxygen atoms in total. The van der Waals surface area contributed by atoms with E-state index in [-0.39, 0.29) is 24.5 Å². The van der Waals surface area contributed by atoms with Gasteiger partial charge in [0.25, 0.3) is 0 Å². The summed E-state index contributed by atoms with van der Waals surface area (Å²) < 4.78 is 7.55. The van der Waals surface area contributed by atoms with Crippen LogP contribution in [0.15, 0.2) is 18.5 Å². The molecule has 3 aromatic heterocycles. The van der Waals surface area contributed by atoms with Gasteiger partial charge >= 0.3 is 0 Å². The summed E-state index contributed by atoms with van der Waals surface area (Å²) in [5.41, 5.74) is 9.21. The second kappa shape index (κ2) is 13.0. The average Bonchev–Trinajstić information content (AvgIpc) is 3.31. The van der Waals surface area contributed by atoms with E-state index in [0.29, 0.717) is 42.5 Å². The fourth-order valence-electron chi connectivity index (χ4n) is 5.20. The Balaban J connectivity index is 1.53. The fraction of sp³-hybridized carbons (Fsp3) is 0.593. The number of pyridine rings is 1. The number of hydrogen-bond acceptors (Lipinski definition) is 10. The van der Waals surface area contributed by atoms with Crippen molar-refractivity contribution in [3.8, 4) is 5.75 Å². The molecule has 1 amide bonds. The second-order valence-electron chi connectivity index (χ2n) is 10.4. The molecule has 0 spiro atoms. The van der Waals surface area contributed by atoms with E-state index >= 15 is 0 Å². The third-order valence-corrected chi connectivity index (χ3v) is 7.20. The zero-order valence-electron chi connectivity index (χ0n) is 23.4. The Morgan fingerprint density at radius 3 is 2.69 bits per heavy atom. The molecule has 1 aliphatic rings. The lowest BCUT2D eigenvalue weighted by atomic mass is 9.90. The Morgan fingerprint density at radius 2 is 2.03 bits per heavy atom. The number of hydrogen-bond donors (Lipinski definition) is 3. The molecule has 0 unspecified atom stereocenters. The second-order valence-corrected chi connectivity index (χ2v) is 10.4. The predicted molar refractivity (Wildman–Crippen MR) is 151 cm³/mol. The van der Waals surface area contributed by atoms with Crippen molar-refractivity contribution in [3.63, 3.8) is 0 Å². The lowest BCUT2D eigenvalue weighted by molar-refractivity contribution is -0.132. The normalized spacial score (nSPS) is 15.2. The summed E-state index contributed by atoms with van der Waals surface area (Å²) >= 11 is 0. The first-order valence-corrected chi connectivity index (χ1v) is 13.6. The molecule has 0 aliphatic carbocycles. The molecule has 0 radical (unpaired) electrons. The predicted octanol–water partition coefficient (Wildman–Crippen LogP) is 2.09. The number of rotatable bonds is 12. The lowest BCUT2D eigenvalue weighted by Crippen LogP contribution is -2.42. The molecular weight excluding hydrogens is 498 g/mol. The highest BCUT2D eigenvalue weighted by atomic mass is 16.5. The van der Waals surface area contributed by atoms with Crippen molar-refractivity contribution in [2.24, 2.45) is 0 Å². The van der Waals surface area contributed by atoms with E-state index in [4.69, 9.17) is 15.5 Å². The van der Waals surface area contributed by atoms with Crippen molar-refractivity contribution in [2.75, 3.05) is 58.5 Å². The van der Waals surface area contributed by atoms with Crippen molar-refractivity contribution in [1.82, 2.24) is 34.5 Å². The quantitative estimate of drug-likeness (QED) is 0.312. The summed E-state index contributed by atoms with van der Waals surface area (Å²) in [5.74, 6) is 1.94. The van der Waals surface area contributed by atoms with Gasteiger partial charge in [0.2, 0.25) is 11.9 Å². The van der Waals surface area contributed by atoms with Crippen LogP contribution in [0.2, 0.25) is 0 Å². The third kappa shape index (κ3) is 6.93. The number of carbonyl (C=O) groups excluding carboxylic acids is 1. The molecule has 4 N–H and O–H groups in total. The number of likely N-dealkylation sites (N-methyl/N-ethyl adjacent to an activating group) is 1. The van der Waals surface area contributed by atoms with Crippen LogP contribution in [0.3, 0.4) is 0 Å². The van der Waals surface area contributed by atoms with Crippen LogP contribution in [0.1, 0.15) is 56.2 Å². The van der Waals surface area contributed by atoms with Gasteiger partial charge < -0.3 is 30.7 Å². The lowest BCUT2D eigenvalue weighted by Gasteiger charge is -2.33. The highest BCUT2D eigenvalue weighted by Crippen LogP contribution is 2.32. The first kappa shape index (κ1) is 28.5. The van der Waals surface area contributed by atoms with Crippen molar-refractivity contribution >= 4 is 28.7 Å². The highest BCUT2D eigenvalue weighted by Gasteiger charge is 2.25. The molecule has 1 saturated heterocycles. The smallest absolute Gasteiger partial charge is 0.236 e. The number of aliphatic hydroxyl groups is 1. The molecule has 212 valence electrons. The first-order valence-electron chi connectivity index (χ1n) is 13.6. The standard InChI is InChI=1S/C27H41N9O3/c1-5-6-20(9-12-37)31-26-25-21(32-27(28)33-26)15-30-36(25)16-22-23(39-4)13-19(14-29-22)18-7-10-35(11-8-18)24(38)17-34(2)3/h13-15,18,20,37H,5-12,16-17H2,1-4H3,(H3,28,31,32,33)/t20-/m0/s1. The number of piperidine rings is 1. The molecule has 1 fully saturated rings. The van der Waals surface area contributed by atoms with Crippen LogP contribution in [0.4, 0.5) is 11.8 Å². The number of fused-ring (bicyclic) bond motifs is 1. The molecular formula is C27H41N9O3. The number of anilines is 2. The number of likely N-dealkylation sites (tertiary alicyclic amines) is 1. The number of nitrogens with zero attached hydrogens (tertiary/aromatic N) is 7. The van der Waals surface area contributed by atoms with Gasteiger partial charge in [0, 0.05) is 31.9 Å². The zero-order valence-corrected chi connectivity index (χ0v) is 23.4. The van der Waals surface area contributed by atoms with E-state index in [1.54, 1.807) is 18.0 Å². The van der Waals surface area contributed by atoms with E-state index in [0.717, 1.165) is 55.5 Å². The molecule has 0 aromatic carbocycles. The summed E-state index contributed by atoms with van der Waals surface area (Å²) in [7, 11) is 5.47. The van der Waals surface area contributed by atoms with Crippen molar-refractivity contribution in [2.45, 2.75) is 57.5 Å². The number of aliphatic hydroxyl groups excluding tert-OH is 1. The van der Waals surface area contributed by atoms with Crippen molar-refractivity contribution in [3.05, 3.63) is 29.7 Å². The molecule has 3 aromatic rings. The Labute approximate surface area is 229 Å². The summed E-state index contributed by atoms with van der Waals surface area (Å²) in [6.45, 7) is 4.48. The summed E-state index contributed by atoms with van der Waals surface area (Å²) in [5, 5.41) is 17.5. The van der Waals surface area contributed by atoms with E-state index in [2.05, 4.69) is 33.4 Å². The first-order chi connectivity index (χ1) is 18.8. The molecule has 0 bridgehead atoms. The molecule has 4 rings (SSSR count). The fourth-order valence-corrected chi connectivity index (χ4v) is 5.20. The molecule has 1 aliphatic heterocycles. The van der Waals surface area contributed by atoms with Crippen molar-refractivity contribution < 1.29 is 14.6 Å². The van der Waals surface area contributed by atoms with Crippen LogP contribution in [-0.4, -0.2) is 99.0 Å². The van der Waals surface area contributed by atoms with Crippen LogP contribution < -0.4 is 15.8 Å². The number of amides is 1. The molecule has 0 saturated carbocycles. The molecule has 1 atom stereocenters. The largest absolute Gasteiger partial charge is 0.495 e. The van der Waals surface area contributed by atoms with E-state index in [1.807, 2.05) is 30.1 Å². The van der Waals surface area contributed by atoms with Crippen LogP contribution in [0.5, 0.6) is 5.75 Å². The third-order valence-electron chi connectivity index (χ3n) is 7.20. The van der Waals surface area contributed by atoms with Gasteiger partial charge in [-0.1, -0.05) is 13.3 Å². The summed E-state index contributed by atoms with van der Waals surface area (Å²) in [6, 6.07) is 2.11. The van der Waals surface area contributed by atoms with Gasteiger partial charge in [0.15, 0.2) is 5.82 Å². The van der Waals surface area contributed by atoms with E-state index in [1.165, 1.54) is 0 Å². The topological polar surface area (TPSA) is 148 Å². The van der Waals surface area contributed by atoms with Crippen LogP contribution in [-0.2, 0) is 11.3 Å². The number of methoxy groups -OCH3 is 1. The zero-order chi connectivity index (χ0) is 27.9. The Hall–Kier alpha value is -3.51. The maximum atomic E-state index is 12.4. The van der Waals surface area contributed by atoms with Crippen LogP contribution >= 0.6 is 0 Å². The minimum atomic E-state index is 0.0531. The van der Waals surface area contributed by atoms with Crippen LogP contribution in [0.25, 0.3) is 11.0 Å². The number of nitrogens with one attached hydrogen (secondary N) is 1. The average molecular weight is 540 g/mol. The minimum Gasteiger partial charge on any atom is -0.495 e. The van der Waals surface area contributed by atoms with Gasteiger partial charge in [-0.2, -0.15) is 10.1 Å². The van der Waals surface area contributed by atoms with Gasteiger partial charge in [-0.15, -0.1) is 0 Å². The molecule has 4 heterocycles. The van der Waals surface area contributed by atoms with Gasteiger partial charge in [-0.25, -0.2) is 4.98 Å². The number of ether oxygens (including phenoxy) is 1. The van der Waals surface area contributed by atoms with E-state index < -0.39 is 0 Å². The number of aromatic nitrogens is 5. The SMILES string of the molecule is CCC[C@@H](CCO)Nc1nc(N)nc2cnn(Cc3ncc(C4CCN(C(=O)CN(C)C)CC4)cc3OC)c12. The van der Waals surface area contributed by atoms with Gasteiger partial charge in [0.1, 0.15) is 22.5 Å². The van der Waals surface area contributed by atoms with Crippen LogP contribution in [0, 0.1) is 0 Å². The number of carbonyl (C=O) groups is 1. The maximum absolute atomic E-state index is 12.4. The summed E-state index contributed by atoms with van der Waals surface area (Å²) in [6.07, 6.45) is 7.84. The van der Waals surface area contributed by atoms with Gasteiger partial charge in [-0.3, -0.25) is 14.5 Å². The minimum absolute atomic E-state index is 0.0531. The Morgan fingerprint density at radius 1 is 1.26 bits per heavy atom. The summed E-state index contributed by atoms with van der Waals surface area (Å²) in [4.78, 5) is 29.9. The van der Waals surface area contributed by atoms with E-state index in [9.17, 15) is 9.90 Å². The van der Waals surface area contributed by atoms with Gasteiger partial charge in [-0.05, 0) is 57.3 Å². The van der Waals surface area contributed by atoms with Crippen molar-refractivity contribution in [1.29, 1.82) is 0 Å². The van der Waals surface area contributed by atoms with Gasteiger partial charge in [0.05, 0.1) is 26.4 Å². The number of nitrogen functional groups attached to an aromatic ring is 1. The Bertz CT molecular complexity index is 1250. The molecule has 39 heavy (non-hydrogen) atoms. The monoisotopic (exact) mass is 539 g/mol. The Kier molecular flexibility index (Phi) is 9.52. The maximum Gasteiger partial charge on any atom is 0.236 e. The molecule has 12 heteroatoms.